The lowest BCUT2D eigenvalue weighted by atomic mass is 9.95. The molecule has 226 valence electrons. The van der Waals surface area contributed by atoms with Crippen molar-refractivity contribution in [2.24, 2.45) is 5.92 Å². The van der Waals surface area contributed by atoms with Gasteiger partial charge in [0.1, 0.15) is 11.9 Å². The summed E-state index contributed by atoms with van der Waals surface area (Å²) < 4.78 is 0. The summed E-state index contributed by atoms with van der Waals surface area (Å²) in [6.45, 7) is 4.53. The normalized spacial score (nSPS) is 22.3. The molecule has 10 nitrogen and oxygen atoms in total. The van der Waals surface area contributed by atoms with Crippen molar-refractivity contribution >= 4 is 29.3 Å². The number of piperidine rings is 2. The number of carbonyl (C=O) groups excluding carboxylic acids is 4. The average molecular weight is 593 g/mol. The number of nitrogens with one attached hydrogen (secondary N) is 2. The van der Waals surface area contributed by atoms with Crippen LogP contribution in [0.5, 0.6) is 0 Å². The van der Waals surface area contributed by atoms with Crippen LogP contribution in [0.4, 0.5) is 5.69 Å². The highest BCUT2D eigenvalue weighted by Crippen LogP contribution is 2.35. The summed E-state index contributed by atoms with van der Waals surface area (Å²) in [6, 6.07) is 11.6. The first-order chi connectivity index (χ1) is 21.4. The van der Waals surface area contributed by atoms with Gasteiger partial charge in [0.15, 0.2) is 0 Å². The van der Waals surface area contributed by atoms with E-state index in [-0.39, 0.29) is 18.7 Å². The predicted molar refractivity (Wildman–Crippen MR) is 163 cm³/mol. The van der Waals surface area contributed by atoms with E-state index in [1.54, 1.807) is 0 Å². The summed E-state index contributed by atoms with van der Waals surface area (Å²) >= 11 is 0. The third-order valence-corrected chi connectivity index (χ3v) is 10.1. The van der Waals surface area contributed by atoms with Crippen molar-refractivity contribution in [2.45, 2.75) is 70.5 Å². The molecular formula is C34H36N6O4. The highest BCUT2D eigenvalue weighted by atomic mass is 16.2. The smallest absolute Gasteiger partial charge is 0.262 e. The van der Waals surface area contributed by atoms with Gasteiger partial charge in [0.25, 0.3) is 11.8 Å². The molecule has 8 rings (SSSR count). The van der Waals surface area contributed by atoms with Crippen molar-refractivity contribution in [3.8, 4) is 11.4 Å². The highest BCUT2D eigenvalue weighted by molar-refractivity contribution is 6.23. The number of aromatic nitrogens is 2. The predicted octanol–water partition coefficient (Wildman–Crippen LogP) is 3.59. The first-order valence-corrected chi connectivity index (χ1v) is 15.9. The summed E-state index contributed by atoms with van der Waals surface area (Å²) in [5.41, 5.74) is 7.83. The first-order valence-electron chi connectivity index (χ1n) is 15.9. The summed E-state index contributed by atoms with van der Waals surface area (Å²) in [6.07, 6.45) is 7.18. The van der Waals surface area contributed by atoms with Crippen LogP contribution < -0.4 is 10.2 Å². The maximum Gasteiger partial charge on any atom is 0.262 e. The molecule has 1 aliphatic carbocycles. The summed E-state index contributed by atoms with van der Waals surface area (Å²) in [5, 5.41) is 2.25. The molecular weight excluding hydrogens is 556 g/mol. The van der Waals surface area contributed by atoms with Gasteiger partial charge >= 0.3 is 0 Å². The number of aryl methyl sites for hydroxylation is 2. The van der Waals surface area contributed by atoms with Crippen molar-refractivity contribution in [3.05, 3.63) is 70.0 Å². The van der Waals surface area contributed by atoms with Crippen molar-refractivity contribution < 1.29 is 19.2 Å². The quantitative estimate of drug-likeness (QED) is 0.435. The zero-order valence-corrected chi connectivity index (χ0v) is 24.7. The van der Waals surface area contributed by atoms with E-state index in [0.29, 0.717) is 17.0 Å². The summed E-state index contributed by atoms with van der Waals surface area (Å²) in [7, 11) is 0. The van der Waals surface area contributed by atoms with E-state index >= 15 is 0 Å². The van der Waals surface area contributed by atoms with Gasteiger partial charge in [-0.15, -0.1) is 0 Å². The number of aromatic amines is 1. The Morgan fingerprint density at radius 2 is 1.50 bits per heavy atom. The zero-order valence-electron chi connectivity index (χ0n) is 24.7. The molecule has 0 radical (unpaired) electrons. The van der Waals surface area contributed by atoms with Gasteiger partial charge in [-0.2, -0.15) is 0 Å². The van der Waals surface area contributed by atoms with Gasteiger partial charge in [-0.1, -0.05) is 0 Å². The minimum atomic E-state index is -0.934. The van der Waals surface area contributed by atoms with Crippen LogP contribution in [0, 0.1) is 5.92 Å². The molecule has 2 saturated heterocycles. The third-order valence-electron chi connectivity index (χ3n) is 10.1. The SMILES string of the molecule is O=C1CCC(N2C(=O)c3cc4c(cc3C2=O)CN(CC2CCN(c3ccc(-c5nc6c([nH]5)CCCC6)cc3)CC2)C4)C(=O)N1. The second-order valence-corrected chi connectivity index (χ2v) is 13.0. The Morgan fingerprint density at radius 1 is 0.818 bits per heavy atom. The van der Waals surface area contributed by atoms with Gasteiger partial charge < -0.3 is 9.88 Å². The molecule has 0 spiro atoms. The number of amides is 4. The number of fused-ring (bicyclic) bond motifs is 3. The number of H-pyrrole nitrogens is 1. The molecule has 44 heavy (non-hydrogen) atoms. The number of nitrogens with zero attached hydrogens (tertiary/aromatic N) is 4. The first kappa shape index (κ1) is 27.3. The maximum absolute atomic E-state index is 13.2. The van der Waals surface area contributed by atoms with Crippen LogP contribution in [-0.4, -0.2) is 69.1 Å². The number of rotatable bonds is 5. The minimum absolute atomic E-state index is 0.119. The van der Waals surface area contributed by atoms with Gasteiger partial charge in [0, 0.05) is 56.1 Å². The lowest BCUT2D eigenvalue weighted by molar-refractivity contribution is -0.136. The number of hydrogen-bond acceptors (Lipinski definition) is 7. The Kier molecular flexibility index (Phi) is 6.62. The number of benzene rings is 2. The molecule has 10 heteroatoms. The van der Waals surface area contributed by atoms with E-state index < -0.39 is 23.8 Å². The van der Waals surface area contributed by atoms with Crippen LogP contribution in [0.3, 0.4) is 0 Å². The van der Waals surface area contributed by atoms with Crippen LogP contribution in [0.15, 0.2) is 36.4 Å². The standard InChI is InChI=1S/C34H36N6O4/c41-30-10-9-29(32(42)37-30)40-33(43)25-15-22-18-38(19-23(22)16-26(25)34(40)44)17-20-11-13-39(14-12-20)24-7-5-21(6-8-24)31-35-27-3-1-2-4-28(27)36-31/h5-8,15-16,20,29H,1-4,9-14,17-19H2,(H,35,36)(H,37,41,42). The second-order valence-electron chi connectivity index (χ2n) is 13.0. The van der Waals surface area contributed by atoms with Gasteiger partial charge in [0.2, 0.25) is 11.8 Å². The lowest BCUT2D eigenvalue weighted by Gasteiger charge is -2.35. The van der Waals surface area contributed by atoms with Crippen LogP contribution >= 0.6 is 0 Å². The molecule has 0 saturated carbocycles. The minimum Gasteiger partial charge on any atom is -0.372 e. The number of anilines is 1. The molecule has 1 aromatic heterocycles. The molecule has 0 bridgehead atoms. The zero-order chi connectivity index (χ0) is 29.9. The van der Waals surface area contributed by atoms with Crippen LogP contribution in [-0.2, 0) is 35.5 Å². The molecule has 1 atom stereocenters. The summed E-state index contributed by atoms with van der Waals surface area (Å²) in [4.78, 5) is 64.7. The number of imide groups is 2. The summed E-state index contributed by atoms with van der Waals surface area (Å²) in [5.74, 6) is -0.255. The van der Waals surface area contributed by atoms with Crippen molar-refractivity contribution in [2.75, 3.05) is 24.5 Å². The van der Waals surface area contributed by atoms with Gasteiger partial charge in [-0.25, -0.2) is 4.98 Å². The molecule has 4 amide bonds. The fourth-order valence-corrected chi connectivity index (χ4v) is 7.73. The monoisotopic (exact) mass is 592 g/mol. The fraction of sp³-hybridized carbons (Fsp3) is 0.441. The highest BCUT2D eigenvalue weighted by Gasteiger charge is 2.45. The van der Waals surface area contributed by atoms with Crippen LogP contribution in [0.1, 0.15) is 81.8 Å². The van der Waals surface area contributed by atoms with E-state index in [1.807, 2.05) is 12.1 Å². The molecule has 1 unspecified atom stereocenters. The number of hydrogen-bond donors (Lipinski definition) is 2. The van der Waals surface area contributed by atoms with Gasteiger partial charge in [0.05, 0.1) is 16.8 Å². The molecule has 3 aromatic rings. The Morgan fingerprint density at radius 3 is 2.16 bits per heavy atom. The van der Waals surface area contributed by atoms with E-state index in [1.165, 1.54) is 29.9 Å². The van der Waals surface area contributed by atoms with E-state index in [9.17, 15) is 19.2 Å². The van der Waals surface area contributed by atoms with E-state index in [4.69, 9.17) is 4.98 Å². The second kappa shape index (κ2) is 10.7. The van der Waals surface area contributed by atoms with Crippen LogP contribution in [0.25, 0.3) is 11.4 Å². The van der Waals surface area contributed by atoms with Crippen molar-refractivity contribution in [1.82, 2.24) is 25.1 Å². The molecule has 2 N–H and O–H groups in total. The maximum atomic E-state index is 13.2. The van der Waals surface area contributed by atoms with Crippen molar-refractivity contribution in [3.63, 3.8) is 0 Å². The van der Waals surface area contributed by atoms with Gasteiger partial charge in [-0.05, 0) is 98.4 Å². The van der Waals surface area contributed by atoms with Crippen LogP contribution in [0.2, 0.25) is 0 Å². The Bertz CT molecular complexity index is 1620. The van der Waals surface area contributed by atoms with E-state index in [0.717, 1.165) is 85.8 Å². The molecule has 2 fully saturated rings. The number of carbonyl (C=O) groups is 4. The average Bonchev–Trinajstić information content (AvgIpc) is 3.71. The molecule has 4 aliphatic heterocycles. The number of imidazole rings is 1. The van der Waals surface area contributed by atoms with E-state index in [2.05, 4.69) is 44.4 Å². The largest absolute Gasteiger partial charge is 0.372 e. The molecule has 2 aromatic carbocycles. The fourth-order valence-electron chi connectivity index (χ4n) is 7.73. The molecule has 5 heterocycles. The molecule has 5 aliphatic rings. The Hall–Kier alpha value is -4.31. The lowest BCUT2D eigenvalue weighted by Crippen LogP contribution is -2.54. The Labute approximate surface area is 255 Å². The van der Waals surface area contributed by atoms with Crippen molar-refractivity contribution in [1.29, 1.82) is 0 Å². The van der Waals surface area contributed by atoms with Gasteiger partial charge in [-0.3, -0.25) is 34.3 Å². The Balaban J connectivity index is 0.868. The third kappa shape index (κ3) is 4.72. The topological polar surface area (TPSA) is 119 Å².